The molecule has 0 radical (unpaired) electrons. The van der Waals surface area contributed by atoms with Crippen LogP contribution in [0.4, 0.5) is 0 Å². The second kappa shape index (κ2) is 10.6. The Morgan fingerprint density at radius 3 is 2.50 bits per heavy atom. The molecule has 0 amide bonds. The predicted molar refractivity (Wildman–Crippen MR) is 126 cm³/mol. The van der Waals surface area contributed by atoms with Gasteiger partial charge < -0.3 is 24.5 Å². The first-order chi connectivity index (χ1) is 15.3. The Balaban J connectivity index is 1.80. The third-order valence-corrected chi connectivity index (χ3v) is 5.75. The van der Waals surface area contributed by atoms with Gasteiger partial charge >= 0.3 is 5.97 Å². The molecule has 3 rings (SSSR count). The van der Waals surface area contributed by atoms with Crippen LogP contribution in [0, 0.1) is 13.8 Å². The van der Waals surface area contributed by atoms with Crippen molar-refractivity contribution in [1.29, 1.82) is 0 Å². The molecule has 0 fully saturated rings. The van der Waals surface area contributed by atoms with Crippen molar-refractivity contribution in [1.82, 2.24) is 9.88 Å². The van der Waals surface area contributed by atoms with Gasteiger partial charge in [-0.1, -0.05) is 29.8 Å². The maximum atomic E-state index is 12.0. The molecule has 6 nitrogen and oxygen atoms in total. The number of methoxy groups -OCH3 is 1. The van der Waals surface area contributed by atoms with E-state index in [1.165, 1.54) is 0 Å². The van der Waals surface area contributed by atoms with E-state index in [1.54, 1.807) is 7.11 Å². The number of aromatic carboxylic acids is 1. The number of nitrogens with one attached hydrogen (secondary N) is 1. The lowest BCUT2D eigenvalue weighted by atomic mass is 10.1. The van der Waals surface area contributed by atoms with Crippen molar-refractivity contribution in [3.63, 3.8) is 0 Å². The van der Waals surface area contributed by atoms with Gasteiger partial charge in [-0.3, -0.25) is 0 Å². The molecule has 2 N–H and O–H groups in total. The highest BCUT2D eigenvalue weighted by Crippen LogP contribution is 2.28. The summed E-state index contributed by atoms with van der Waals surface area (Å²) in [5, 5.41) is 13.9. The predicted octanol–water partition coefficient (Wildman–Crippen LogP) is 5.20. The van der Waals surface area contributed by atoms with E-state index in [2.05, 4.69) is 5.32 Å². The summed E-state index contributed by atoms with van der Waals surface area (Å²) in [6.45, 7) is 7.87. The average Bonchev–Trinajstić information content (AvgIpc) is 2.99. The van der Waals surface area contributed by atoms with E-state index in [9.17, 15) is 9.90 Å². The standard InChI is InChI=1S/C25H29ClN2O4/c1-5-32-22-10-9-18(12-23(22)31-4)13-27-14-21-16(2)28(17(3)24(21)25(29)30)15-19-7-6-8-20(26)11-19/h6-12,27H,5,13-15H2,1-4H3,(H,29,30). The number of hydrogen-bond donors (Lipinski definition) is 2. The molecule has 0 unspecified atom stereocenters. The van der Waals surface area contributed by atoms with Crippen molar-refractivity contribution in [2.75, 3.05) is 13.7 Å². The lowest BCUT2D eigenvalue weighted by Crippen LogP contribution is -2.15. The molecule has 0 spiro atoms. The Morgan fingerprint density at radius 1 is 1.06 bits per heavy atom. The Hall–Kier alpha value is -2.96. The Labute approximate surface area is 193 Å². The number of carboxylic acid groups (broad SMARTS) is 1. The van der Waals surface area contributed by atoms with Gasteiger partial charge in [-0.15, -0.1) is 0 Å². The second-order valence-corrected chi connectivity index (χ2v) is 8.00. The van der Waals surface area contributed by atoms with Gasteiger partial charge in [0.25, 0.3) is 0 Å². The molecular weight excluding hydrogens is 428 g/mol. The van der Waals surface area contributed by atoms with Crippen LogP contribution in [0.2, 0.25) is 5.02 Å². The van der Waals surface area contributed by atoms with Crippen LogP contribution in [0.3, 0.4) is 0 Å². The SMILES string of the molecule is CCOc1ccc(CNCc2c(C(=O)O)c(C)n(Cc3cccc(Cl)c3)c2C)cc1OC. The van der Waals surface area contributed by atoms with Gasteiger partial charge in [0.1, 0.15) is 0 Å². The highest BCUT2D eigenvalue weighted by molar-refractivity contribution is 6.30. The summed E-state index contributed by atoms with van der Waals surface area (Å²) in [6, 6.07) is 13.4. The highest BCUT2D eigenvalue weighted by atomic mass is 35.5. The quantitative estimate of drug-likeness (QED) is 0.438. The minimum absolute atomic E-state index is 0.348. The number of rotatable bonds is 10. The molecule has 32 heavy (non-hydrogen) atoms. The summed E-state index contributed by atoms with van der Waals surface area (Å²) in [6.07, 6.45) is 0. The zero-order chi connectivity index (χ0) is 23.3. The Bertz CT molecular complexity index is 1110. The van der Waals surface area contributed by atoms with Crippen LogP contribution in [0.1, 0.15) is 45.4 Å². The second-order valence-electron chi connectivity index (χ2n) is 7.57. The fourth-order valence-corrected chi connectivity index (χ4v) is 4.15. The zero-order valence-electron chi connectivity index (χ0n) is 18.9. The average molecular weight is 457 g/mol. The molecule has 7 heteroatoms. The monoisotopic (exact) mass is 456 g/mol. The van der Waals surface area contributed by atoms with E-state index in [0.29, 0.717) is 48.3 Å². The number of hydrogen-bond acceptors (Lipinski definition) is 4. The fourth-order valence-electron chi connectivity index (χ4n) is 3.93. The summed E-state index contributed by atoms with van der Waals surface area (Å²) in [4.78, 5) is 12.0. The number of carboxylic acids is 1. The van der Waals surface area contributed by atoms with Crippen LogP contribution >= 0.6 is 11.6 Å². The Morgan fingerprint density at radius 2 is 1.84 bits per heavy atom. The van der Waals surface area contributed by atoms with Crippen molar-refractivity contribution in [3.05, 3.63) is 81.1 Å². The first-order valence-corrected chi connectivity index (χ1v) is 10.9. The van der Waals surface area contributed by atoms with Crippen molar-refractivity contribution in [3.8, 4) is 11.5 Å². The molecule has 0 atom stereocenters. The Kier molecular flexibility index (Phi) is 7.83. The number of carbonyl (C=O) groups is 1. The van der Waals surface area contributed by atoms with Crippen molar-refractivity contribution >= 4 is 17.6 Å². The van der Waals surface area contributed by atoms with Crippen LogP contribution < -0.4 is 14.8 Å². The summed E-state index contributed by atoms with van der Waals surface area (Å²) in [5.41, 5.74) is 4.84. The summed E-state index contributed by atoms with van der Waals surface area (Å²) < 4.78 is 13.0. The molecular formula is C25H29ClN2O4. The lowest BCUT2D eigenvalue weighted by Gasteiger charge is -2.12. The van der Waals surface area contributed by atoms with Crippen LogP contribution in [-0.2, 0) is 19.6 Å². The van der Waals surface area contributed by atoms with Crippen molar-refractivity contribution in [2.24, 2.45) is 0 Å². The fraction of sp³-hybridized carbons (Fsp3) is 0.320. The number of benzene rings is 2. The van der Waals surface area contributed by atoms with E-state index in [1.807, 2.05) is 67.8 Å². The zero-order valence-corrected chi connectivity index (χ0v) is 19.6. The summed E-state index contributed by atoms with van der Waals surface area (Å²) in [7, 11) is 1.61. The molecule has 0 saturated heterocycles. The van der Waals surface area contributed by atoms with Gasteiger partial charge in [0.05, 0.1) is 19.3 Å². The lowest BCUT2D eigenvalue weighted by molar-refractivity contribution is 0.0694. The van der Waals surface area contributed by atoms with Crippen LogP contribution in [0.5, 0.6) is 11.5 Å². The van der Waals surface area contributed by atoms with Crippen LogP contribution in [0.15, 0.2) is 42.5 Å². The van der Waals surface area contributed by atoms with E-state index >= 15 is 0 Å². The third-order valence-electron chi connectivity index (χ3n) is 5.51. The molecule has 0 aliphatic heterocycles. The molecule has 1 heterocycles. The number of ether oxygens (including phenoxy) is 2. The first kappa shape index (κ1) is 23.7. The molecule has 0 aliphatic rings. The molecule has 0 bridgehead atoms. The van der Waals surface area contributed by atoms with Gasteiger partial charge in [0, 0.05) is 41.6 Å². The normalized spacial score (nSPS) is 10.9. The van der Waals surface area contributed by atoms with Crippen LogP contribution in [-0.4, -0.2) is 29.4 Å². The van der Waals surface area contributed by atoms with Gasteiger partial charge in [-0.2, -0.15) is 0 Å². The number of aromatic nitrogens is 1. The van der Waals surface area contributed by atoms with E-state index in [-0.39, 0.29) is 0 Å². The number of halogens is 1. The van der Waals surface area contributed by atoms with E-state index in [4.69, 9.17) is 21.1 Å². The molecule has 3 aromatic rings. The largest absolute Gasteiger partial charge is 0.493 e. The molecule has 1 aromatic heterocycles. The maximum Gasteiger partial charge on any atom is 0.337 e. The maximum absolute atomic E-state index is 12.0. The van der Waals surface area contributed by atoms with Gasteiger partial charge in [0.15, 0.2) is 11.5 Å². The van der Waals surface area contributed by atoms with Crippen LogP contribution in [0.25, 0.3) is 0 Å². The minimum Gasteiger partial charge on any atom is -0.493 e. The van der Waals surface area contributed by atoms with E-state index < -0.39 is 5.97 Å². The first-order valence-electron chi connectivity index (χ1n) is 10.5. The van der Waals surface area contributed by atoms with Gasteiger partial charge in [-0.25, -0.2) is 4.79 Å². The minimum atomic E-state index is -0.921. The topological polar surface area (TPSA) is 72.7 Å². The smallest absolute Gasteiger partial charge is 0.337 e. The highest BCUT2D eigenvalue weighted by Gasteiger charge is 2.22. The molecule has 0 aliphatic carbocycles. The molecule has 170 valence electrons. The van der Waals surface area contributed by atoms with E-state index in [0.717, 1.165) is 28.1 Å². The molecule has 2 aromatic carbocycles. The third kappa shape index (κ3) is 5.26. The summed E-state index contributed by atoms with van der Waals surface area (Å²) >= 11 is 6.12. The van der Waals surface area contributed by atoms with Gasteiger partial charge in [-0.05, 0) is 56.2 Å². The van der Waals surface area contributed by atoms with Gasteiger partial charge in [0.2, 0.25) is 0 Å². The van der Waals surface area contributed by atoms with Crippen molar-refractivity contribution < 1.29 is 19.4 Å². The number of nitrogens with zero attached hydrogens (tertiary/aromatic N) is 1. The molecule has 0 saturated carbocycles. The van der Waals surface area contributed by atoms with Crippen molar-refractivity contribution in [2.45, 2.75) is 40.4 Å². The summed E-state index contributed by atoms with van der Waals surface area (Å²) in [5.74, 6) is 0.462.